The van der Waals surface area contributed by atoms with E-state index in [9.17, 15) is 14.9 Å². The maximum atomic E-state index is 12.4. The standard InChI is InChI=1S/C21H25BrN6O3/c1-13-19(22)15(3)26(24-13)11-5-10-23-21(29)18-8-6-17(7-9-18)12-27-16(4)20(28(30)31)14(2)25-27/h6-9H,5,10-12H2,1-4H3,(H,23,29). The van der Waals surface area contributed by atoms with Gasteiger partial charge in [-0.3, -0.25) is 24.3 Å². The average molecular weight is 489 g/mol. The van der Waals surface area contributed by atoms with E-state index < -0.39 is 4.92 Å². The smallest absolute Gasteiger partial charge is 0.312 e. The number of aromatic nitrogens is 4. The molecule has 1 N–H and O–H groups in total. The van der Waals surface area contributed by atoms with Crippen molar-refractivity contribution in [2.75, 3.05) is 6.54 Å². The third kappa shape index (κ3) is 5.01. The molecule has 0 spiro atoms. The van der Waals surface area contributed by atoms with E-state index in [4.69, 9.17) is 0 Å². The van der Waals surface area contributed by atoms with Gasteiger partial charge in [0.05, 0.1) is 21.6 Å². The van der Waals surface area contributed by atoms with Gasteiger partial charge in [0.2, 0.25) is 0 Å². The van der Waals surface area contributed by atoms with Gasteiger partial charge in [-0.15, -0.1) is 0 Å². The van der Waals surface area contributed by atoms with Gasteiger partial charge in [-0.25, -0.2) is 0 Å². The van der Waals surface area contributed by atoms with Crippen molar-refractivity contribution in [1.29, 1.82) is 0 Å². The second-order valence-corrected chi connectivity index (χ2v) is 8.24. The Balaban J connectivity index is 1.54. The van der Waals surface area contributed by atoms with Gasteiger partial charge in [-0.2, -0.15) is 10.2 Å². The van der Waals surface area contributed by atoms with E-state index in [2.05, 4.69) is 31.4 Å². The Hall–Kier alpha value is -3.01. The van der Waals surface area contributed by atoms with Crippen LogP contribution in [0.3, 0.4) is 0 Å². The van der Waals surface area contributed by atoms with Gasteiger partial charge >= 0.3 is 5.69 Å². The molecule has 0 saturated carbocycles. The molecule has 0 unspecified atom stereocenters. The molecule has 1 aromatic carbocycles. The van der Waals surface area contributed by atoms with E-state index in [0.717, 1.165) is 34.4 Å². The fraction of sp³-hybridized carbons (Fsp3) is 0.381. The van der Waals surface area contributed by atoms with Gasteiger partial charge in [0.1, 0.15) is 11.4 Å². The summed E-state index contributed by atoms with van der Waals surface area (Å²) in [7, 11) is 0. The summed E-state index contributed by atoms with van der Waals surface area (Å²) in [6.45, 7) is 8.95. The minimum absolute atomic E-state index is 0.0452. The van der Waals surface area contributed by atoms with Gasteiger partial charge in [0.25, 0.3) is 5.91 Å². The van der Waals surface area contributed by atoms with Gasteiger partial charge in [-0.1, -0.05) is 12.1 Å². The number of hydrogen-bond acceptors (Lipinski definition) is 5. The predicted molar refractivity (Wildman–Crippen MR) is 120 cm³/mol. The third-order valence-corrected chi connectivity index (χ3v) is 6.35. The van der Waals surface area contributed by atoms with Crippen LogP contribution in [-0.4, -0.2) is 36.9 Å². The van der Waals surface area contributed by atoms with Gasteiger partial charge < -0.3 is 5.32 Å². The van der Waals surface area contributed by atoms with Crippen LogP contribution in [0.15, 0.2) is 28.7 Å². The van der Waals surface area contributed by atoms with Crippen LogP contribution in [0.25, 0.3) is 0 Å². The lowest BCUT2D eigenvalue weighted by Crippen LogP contribution is -2.25. The summed E-state index contributed by atoms with van der Waals surface area (Å²) in [5.41, 5.74) is 4.46. The van der Waals surface area contributed by atoms with E-state index in [-0.39, 0.29) is 11.6 Å². The molecule has 0 aliphatic heterocycles. The second kappa shape index (κ2) is 9.42. The first-order valence-electron chi connectivity index (χ1n) is 9.94. The van der Waals surface area contributed by atoms with Crippen molar-refractivity contribution in [2.24, 2.45) is 0 Å². The van der Waals surface area contributed by atoms with Gasteiger partial charge in [-0.05, 0) is 67.7 Å². The lowest BCUT2D eigenvalue weighted by molar-refractivity contribution is -0.386. The van der Waals surface area contributed by atoms with Crippen LogP contribution in [0.4, 0.5) is 5.69 Å². The van der Waals surface area contributed by atoms with E-state index in [1.807, 2.05) is 30.7 Å². The zero-order valence-corrected chi connectivity index (χ0v) is 19.6. The quantitative estimate of drug-likeness (QED) is 0.294. The fourth-order valence-electron chi connectivity index (χ4n) is 3.47. The number of nitrogens with one attached hydrogen (secondary N) is 1. The normalized spacial score (nSPS) is 11.0. The molecule has 2 aromatic heterocycles. The summed E-state index contributed by atoms with van der Waals surface area (Å²) in [4.78, 5) is 23.1. The molecule has 10 heteroatoms. The monoisotopic (exact) mass is 488 g/mol. The third-order valence-electron chi connectivity index (χ3n) is 5.20. The average Bonchev–Trinajstić information content (AvgIpc) is 3.14. The molecular weight excluding hydrogens is 464 g/mol. The van der Waals surface area contributed by atoms with Crippen molar-refractivity contribution in [3.05, 3.63) is 72.8 Å². The maximum Gasteiger partial charge on any atom is 0.312 e. The topological polar surface area (TPSA) is 108 Å². The van der Waals surface area contributed by atoms with Crippen molar-refractivity contribution in [1.82, 2.24) is 24.9 Å². The minimum Gasteiger partial charge on any atom is -0.352 e. The Labute approximate surface area is 188 Å². The highest BCUT2D eigenvalue weighted by molar-refractivity contribution is 9.10. The Morgan fingerprint density at radius 3 is 2.26 bits per heavy atom. The molecule has 0 aliphatic rings. The van der Waals surface area contributed by atoms with E-state index in [0.29, 0.717) is 30.0 Å². The maximum absolute atomic E-state index is 12.4. The SMILES string of the molecule is Cc1nn(CCCNC(=O)c2ccc(Cn3nc(C)c([N+](=O)[O-])c3C)cc2)c(C)c1Br. The molecule has 2 heterocycles. The van der Waals surface area contributed by atoms with Crippen LogP contribution < -0.4 is 5.32 Å². The largest absolute Gasteiger partial charge is 0.352 e. The molecule has 1 amide bonds. The number of halogens is 1. The molecule has 3 aromatic rings. The Kier molecular flexibility index (Phi) is 6.89. The number of nitro groups is 1. The number of carbonyl (C=O) groups excluding carboxylic acids is 1. The molecule has 31 heavy (non-hydrogen) atoms. The molecule has 9 nitrogen and oxygen atoms in total. The van der Waals surface area contributed by atoms with E-state index in [1.165, 1.54) is 0 Å². The summed E-state index contributed by atoms with van der Waals surface area (Å²) >= 11 is 3.52. The van der Waals surface area contributed by atoms with E-state index in [1.54, 1.807) is 30.7 Å². The number of hydrogen-bond donors (Lipinski definition) is 1. The van der Waals surface area contributed by atoms with Crippen molar-refractivity contribution in [2.45, 2.75) is 47.2 Å². The van der Waals surface area contributed by atoms with Gasteiger partial charge in [0, 0.05) is 24.3 Å². The molecular formula is C21H25BrN6O3. The highest BCUT2D eigenvalue weighted by Gasteiger charge is 2.21. The lowest BCUT2D eigenvalue weighted by atomic mass is 10.1. The van der Waals surface area contributed by atoms with Gasteiger partial charge in [0.15, 0.2) is 0 Å². The Morgan fingerprint density at radius 1 is 1.06 bits per heavy atom. The first kappa shape index (κ1) is 22.7. The number of amides is 1. The minimum atomic E-state index is -0.407. The Morgan fingerprint density at radius 2 is 1.71 bits per heavy atom. The zero-order valence-electron chi connectivity index (χ0n) is 18.0. The summed E-state index contributed by atoms with van der Waals surface area (Å²) in [6, 6.07) is 7.18. The number of benzene rings is 1. The Bertz CT molecular complexity index is 1120. The number of carbonyl (C=O) groups is 1. The predicted octanol–water partition coefficient (Wildman–Crippen LogP) is 3.85. The van der Waals surface area contributed by atoms with E-state index >= 15 is 0 Å². The summed E-state index contributed by atoms with van der Waals surface area (Å²) in [6.07, 6.45) is 0.773. The zero-order chi connectivity index (χ0) is 22.7. The molecule has 0 atom stereocenters. The summed E-state index contributed by atoms with van der Waals surface area (Å²) in [5.74, 6) is -0.136. The number of nitrogens with zero attached hydrogens (tertiary/aromatic N) is 5. The second-order valence-electron chi connectivity index (χ2n) is 7.45. The van der Waals surface area contributed by atoms with Crippen LogP contribution in [0.5, 0.6) is 0 Å². The van der Waals surface area contributed by atoms with Crippen LogP contribution in [0.2, 0.25) is 0 Å². The first-order valence-corrected chi connectivity index (χ1v) is 10.7. The molecule has 0 fully saturated rings. The number of aryl methyl sites for hydroxylation is 3. The fourth-order valence-corrected chi connectivity index (χ4v) is 3.75. The molecule has 0 bridgehead atoms. The first-order chi connectivity index (χ1) is 14.7. The van der Waals surface area contributed by atoms with Crippen molar-refractivity contribution >= 4 is 27.5 Å². The molecule has 0 saturated heterocycles. The molecule has 164 valence electrons. The lowest BCUT2D eigenvalue weighted by Gasteiger charge is -2.08. The summed E-state index contributed by atoms with van der Waals surface area (Å²) < 4.78 is 4.57. The summed E-state index contributed by atoms with van der Waals surface area (Å²) in [5, 5.41) is 22.8. The number of rotatable bonds is 8. The molecule has 0 radical (unpaired) electrons. The molecule has 0 aliphatic carbocycles. The van der Waals surface area contributed by atoms with Crippen molar-refractivity contribution in [3.8, 4) is 0 Å². The van der Waals surface area contributed by atoms with Crippen molar-refractivity contribution < 1.29 is 9.72 Å². The highest BCUT2D eigenvalue weighted by atomic mass is 79.9. The van der Waals surface area contributed by atoms with Crippen LogP contribution >= 0.6 is 15.9 Å². The van der Waals surface area contributed by atoms with Crippen LogP contribution in [0.1, 0.15) is 45.1 Å². The van der Waals surface area contributed by atoms with Crippen molar-refractivity contribution in [3.63, 3.8) is 0 Å². The van der Waals surface area contributed by atoms with Crippen LogP contribution in [-0.2, 0) is 13.1 Å². The highest BCUT2D eigenvalue weighted by Crippen LogP contribution is 2.23. The molecule has 3 rings (SSSR count). The van der Waals surface area contributed by atoms with Crippen LogP contribution in [0, 0.1) is 37.8 Å².